The van der Waals surface area contributed by atoms with E-state index in [9.17, 15) is 0 Å². The summed E-state index contributed by atoms with van der Waals surface area (Å²) < 4.78 is 0.212. The Labute approximate surface area is 165 Å². The molecule has 1 unspecified atom stereocenters. The van der Waals surface area contributed by atoms with Gasteiger partial charge in [-0.15, -0.1) is 0 Å². The molecule has 2 aliphatic carbocycles. The molecule has 0 heterocycles. The van der Waals surface area contributed by atoms with E-state index in [1.165, 1.54) is 62.5 Å². The number of alkyl halides is 1. The zero-order chi connectivity index (χ0) is 17.2. The number of hydrogen-bond acceptors (Lipinski definition) is 0. The molecule has 139 valence electrons. The molecular weight excluding hydrogens is 425 g/mol. The molecule has 2 aliphatic rings. The van der Waals surface area contributed by atoms with Crippen LogP contribution in [-0.2, 0) is 32.0 Å². The fourth-order valence-electron chi connectivity index (χ4n) is 5.48. The number of benzene rings is 1. The summed E-state index contributed by atoms with van der Waals surface area (Å²) in [6.07, 6.45) is 13.6. The quantitative estimate of drug-likeness (QED) is 0.273. The van der Waals surface area contributed by atoms with Crippen LogP contribution in [0, 0.1) is 0 Å². The van der Waals surface area contributed by atoms with Crippen molar-refractivity contribution in [1.82, 2.24) is 0 Å². The maximum absolute atomic E-state index is 7.08. The second-order valence-corrected chi connectivity index (χ2v) is 15.5. The van der Waals surface area contributed by atoms with Crippen molar-refractivity contribution in [3.63, 3.8) is 0 Å². The molecule has 0 aromatic heterocycles. The summed E-state index contributed by atoms with van der Waals surface area (Å²) in [5.41, 5.74) is 4.81. The molecule has 3 heteroatoms. The molecule has 1 aromatic rings. The second-order valence-electron chi connectivity index (χ2n) is 7.91. The Morgan fingerprint density at radius 3 is 1.67 bits per heavy atom. The average Bonchev–Trinajstić information content (AvgIpc) is 3.29. The van der Waals surface area contributed by atoms with Gasteiger partial charge in [0, 0.05) is 0 Å². The van der Waals surface area contributed by atoms with Gasteiger partial charge < -0.3 is 0 Å². The van der Waals surface area contributed by atoms with Crippen LogP contribution in [0.25, 0.3) is 0 Å². The molecular formula is C21H33ClPPd. The van der Waals surface area contributed by atoms with Crippen LogP contribution in [0.2, 0.25) is 0 Å². The molecule has 0 nitrogen and oxygen atoms in total. The van der Waals surface area contributed by atoms with Crippen LogP contribution in [0.1, 0.15) is 76.3 Å². The average molecular weight is 458 g/mol. The van der Waals surface area contributed by atoms with Crippen LogP contribution in [0.4, 0.5) is 0 Å². The van der Waals surface area contributed by atoms with E-state index in [1.54, 1.807) is 5.30 Å². The predicted molar refractivity (Wildman–Crippen MR) is 107 cm³/mol. The summed E-state index contributed by atoms with van der Waals surface area (Å²) in [6, 6.07) is 7.54. The van der Waals surface area contributed by atoms with E-state index in [4.69, 9.17) is 11.6 Å². The Bertz CT molecular complexity index is 507. The first-order valence-corrected chi connectivity index (χ1v) is 13.6. The summed E-state index contributed by atoms with van der Waals surface area (Å²) in [5.74, 6) is 0. The molecule has 0 spiro atoms. The van der Waals surface area contributed by atoms with E-state index in [0.29, 0.717) is 0 Å². The van der Waals surface area contributed by atoms with Gasteiger partial charge in [-0.05, 0) is 0 Å². The SMILES string of the molecule is CCc1cc(CC)cc([PH]([CH](Cl)[Pd])(C2CCCC2)C2CCCC2)c1. The monoisotopic (exact) mass is 457 g/mol. The van der Waals surface area contributed by atoms with Crippen LogP contribution in [0.3, 0.4) is 0 Å². The fraction of sp³-hybridized carbons (Fsp3) is 0.714. The molecule has 2 saturated carbocycles. The third kappa shape index (κ3) is 3.54. The molecule has 0 saturated heterocycles. The Kier molecular flexibility index (Phi) is 6.88. The van der Waals surface area contributed by atoms with Gasteiger partial charge in [-0.1, -0.05) is 0 Å². The van der Waals surface area contributed by atoms with Gasteiger partial charge in [0.05, 0.1) is 0 Å². The van der Waals surface area contributed by atoms with Crippen molar-refractivity contribution in [1.29, 1.82) is 0 Å². The first-order chi connectivity index (χ1) is 11.6. The summed E-state index contributed by atoms with van der Waals surface area (Å²) in [6.45, 7) is 4.59. The third-order valence-corrected chi connectivity index (χ3v) is 15.9. The minimum atomic E-state index is -1.78. The molecule has 0 N–H and O–H groups in total. The van der Waals surface area contributed by atoms with Crippen molar-refractivity contribution >= 4 is 24.2 Å². The van der Waals surface area contributed by atoms with Crippen LogP contribution < -0.4 is 5.30 Å². The van der Waals surface area contributed by atoms with Gasteiger partial charge in [-0.3, -0.25) is 0 Å². The molecule has 3 rings (SSSR count). The third-order valence-electron chi connectivity index (χ3n) is 6.76. The van der Waals surface area contributed by atoms with Gasteiger partial charge in [0.2, 0.25) is 0 Å². The van der Waals surface area contributed by atoms with Crippen molar-refractivity contribution in [3.05, 3.63) is 29.3 Å². The molecule has 0 bridgehead atoms. The molecule has 2 fully saturated rings. The van der Waals surface area contributed by atoms with Crippen molar-refractivity contribution in [2.24, 2.45) is 0 Å². The Balaban J connectivity index is 2.15. The van der Waals surface area contributed by atoms with Gasteiger partial charge in [0.1, 0.15) is 0 Å². The van der Waals surface area contributed by atoms with Crippen molar-refractivity contribution < 1.29 is 19.2 Å². The van der Waals surface area contributed by atoms with E-state index >= 15 is 0 Å². The number of hydrogen-bond donors (Lipinski definition) is 0. The van der Waals surface area contributed by atoms with Gasteiger partial charge >= 0.3 is 166 Å². The standard InChI is InChI=1S/C21H33ClP.Pd/c1-3-17-13-18(4-2)15-21(14-17)23(16-22,19-9-5-6-10-19)20-11-7-8-12-20;/h13-16,19-20,23H,3-12H2,1-2H3;. The zero-order valence-electron chi connectivity index (χ0n) is 15.2. The molecule has 0 aliphatic heterocycles. The first-order valence-electron chi connectivity index (χ1n) is 10.0. The summed E-state index contributed by atoms with van der Waals surface area (Å²) in [7, 11) is -1.78. The first kappa shape index (κ1) is 19.4. The molecule has 1 atom stereocenters. The number of halogens is 1. The van der Waals surface area contributed by atoms with Crippen LogP contribution >= 0.6 is 18.9 Å². The van der Waals surface area contributed by atoms with E-state index in [2.05, 4.69) is 51.2 Å². The predicted octanol–water partition coefficient (Wildman–Crippen LogP) is 6.14. The summed E-state index contributed by atoms with van der Waals surface area (Å²) in [5, 5.41) is 1.68. The van der Waals surface area contributed by atoms with Crippen LogP contribution in [0.5, 0.6) is 0 Å². The Morgan fingerprint density at radius 2 is 1.33 bits per heavy atom. The second kappa shape index (κ2) is 8.53. The van der Waals surface area contributed by atoms with Gasteiger partial charge in [-0.2, -0.15) is 0 Å². The number of rotatable bonds is 6. The van der Waals surface area contributed by atoms with Gasteiger partial charge in [-0.25, -0.2) is 0 Å². The normalized spacial score (nSPS) is 22.2. The minimum absolute atomic E-state index is 0.212. The molecule has 24 heavy (non-hydrogen) atoms. The number of aryl methyl sites for hydroxylation is 2. The Morgan fingerprint density at radius 1 is 0.917 bits per heavy atom. The maximum atomic E-state index is 7.08. The summed E-state index contributed by atoms with van der Waals surface area (Å²) >= 11 is 10.7. The van der Waals surface area contributed by atoms with E-state index in [-0.39, 0.29) is 3.59 Å². The zero-order valence-corrected chi connectivity index (χ0v) is 18.5. The van der Waals surface area contributed by atoms with Crippen molar-refractivity contribution in [3.8, 4) is 0 Å². The summed E-state index contributed by atoms with van der Waals surface area (Å²) in [4.78, 5) is 0. The van der Waals surface area contributed by atoms with E-state index in [1.807, 2.05) is 0 Å². The van der Waals surface area contributed by atoms with E-state index < -0.39 is 7.26 Å². The Hall–Kier alpha value is 0.602. The molecule has 0 amide bonds. The molecule has 1 aromatic carbocycles. The van der Waals surface area contributed by atoms with Gasteiger partial charge in [0.25, 0.3) is 0 Å². The van der Waals surface area contributed by atoms with Crippen molar-refractivity contribution in [2.45, 2.75) is 93.0 Å². The van der Waals surface area contributed by atoms with Crippen LogP contribution in [-0.4, -0.2) is 14.9 Å². The van der Waals surface area contributed by atoms with Crippen LogP contribution in [0.15, 0.2) is 18.2 Å². The van der Waals surface area contributed by atoms with Gasteiger partial charge in [0.15, 0.2) is 0 Å². The van der Waals surface area contributed by atoms with E-state index in [0.717, 1.165) is 24.2 Å². The fourth-order valence-corrected chi connectivity index (χ4v) is 16.0. The molecule has 0 radical (unpaired) electrons. The van der Waals surface area contributed by atoms with Crippen molar-refractivity contribution in [2.75, 3.05) is 0 Å². The topological polar surface area (TPSA) is 0 Å².